The molecule has 0 radical (unpaired) electrons. The van der Waals surface area contributed by atoms with Crippen molar-refractivity contribution < 1.29 is 9.59 Å². The molecule has 1 aliphatic carbocycles. The predicted octanol–water partition coefficient (Wildman–Crippen LogP) is 3.39. The second kappa shape index (κ2) is 7.37. The van der Waals surface area contributed by atoms with E-state index in [1.807, 2.05) is 34.6 Å². The van der Waals surface area contributed by atoms with Gasteiger partial charge in [0.25, 0.3) is 0 Å². The lowest BCUT2D eigenvalue weighted by atomic mass is 9.89. The maximum Gasteiger partial charge on any atom is 0.312 e. The van der Waals surface area contributed by atoms with E-state index in [-0.39, 0.29) is 11.6 Å². The lowest BCUT2D eigenvalue weighted by Crippen LogP contribution is -2.51. The quantitative estimate of drug-likeness (QED) is 0.864. The van der Waals surface area contributed by atoms with Gasteiger partial charge in [-0.3, -0.25) is 9.59 Å². The normalized spacial score (nSPS) is 15.4. The number of carbonyl (C=O) groups excluding carboxylic acids is 2. The van der Waals surface area contributed by atoms with Crippen molar-refractivity contribution >= 4 is 11.8 Å². The Bertz CT molecular complexity index is 617. The van der Waals surface area contributed by atoms with Gasteiger partial charge in [0.2, 0.25) is 0 Å². The fraction of sp³-hybridized carbons (Fsp3) is 0.600. The van der Waals surface area contributed by atoms with Gasteiger partial charge in [0.15, 0.2) is 0 Å². The van der Waals surface area contributed by atoms with Crippen LogP contribution in [0.25, 0.3) is 0 Å². The minimum Gasteiger partial charge on any atom is -0.341 e. The Morgan fingerprint density at radius 1 is 1.17 bits per heavy atom. The van der Waals surface area contributed by atoms with E-state index in [1.54, 1.807) is 4.90 Å². The molecule has 1 aromatic carbocycles. The molecule has 24 heavy (non-hydrogen) atoms. The van der Waals surface area contributed by atoms with Crippen LogP contribution in [-0.4, -0.2) is 28.8 Å². The summed E-state index contributed by atoms with van der Waals surface area (Å²) in [6.45, 7) is 10.2. The molecule has 1 unspecified atom stereocenters. The van der Waals surface area contributed by atoms with Crippen molar-refractivity contribution in [3.05, 3.63) is 34.9 Å². The molecule has 1 aromatic rings. The highest BCUT2D eigenvalue weighted by Crippen LogP contribution is 2.25. The molecule has 1 aliphatic rings. The monoisotopic (exact) mass is 330 g/mol. The van der Waals surface area contributed by atoms with Gasteiger partial charge in [-0.25, -0.2) is 0 Å². The van der Waals surface area contributed by atoms with Crippen LogP contribution in [0.2, 0.25) is 0 Å². The maximum atomic E-state index is 12.4. The summed E-state index contributed by atoms with van der Waals surface area (Å²) in [4.78, 5) is 26.4. The van der Waals surface area contributed by atoms with Crippen LogP contribution in [0, 0.1) is 0 Å². The molecule has 0 saturated heterocycles. The van der Waals surface area contributed by atoms with Crippen molar-refractivity contribution in [1.82, 2.24) is 10.2 Å². The van der Waals surface area contributed by atoms with Gasteiger partial charge in [0.1, 0.15) is 0 Å². The average molecular weight is 330 g/mol. The van der Waals surface area contributed by atoms with E-state index < -0.39 is 11.8 Å². The first-order valence-electron chi connectivity index (χ1n) is 8.98. The minimum absolute atomic E-state index is 0.174. The molecule has 0 aliphatic heterocycles. The van der Waals surface area contributed by atoms with E-state index in [0.29, 0.717) is 6.54 Å². The van der Waals surface area contributed by atoms with Crippen molar-refractivity contribution in [2.45, 2.75) is 71.9 Å². The SMILES string of the molecule is CCN(C(=O)C(=O)NC(C)c1ccc2c(c1)CCCC2)C(C)(C)C. The number of nitrogens with zero attached hydrogens (tertiary/aromatic N) is 1. The lowest BCUT2D eigenvalue weighted by molar-refractivity contribution is -0.149. The lowest BCUT2D eigenvalue weighted by Gasteiger charge is -2.34. The molecule has 4 nitrogen and oxygen atoms in total. The van der Waals surface area contributed by atoms with Crippen molar-refractivity contribution in [3.8, 4) is 0 Å². The largest absolute Gasteiger partial charge is 0.341 e. The van der Waals surface area contributed by atoms with E-state index >= 15 is 0 Å². The minimum atomic E-state index is -0.531. The molecule has 4 heteroatoms. The van der Waals surface area contributed by atoms with E-state index in [2.05, 4.69) is 23.5 Å². The van der Waals surface area contributed by atoms with Crippen LogP contribution >= 0.6 is 0 Å². The zero-order valence-corrected chi connectivity index (χ0v) is 15.6. The Hall–Kier alpha value is -1.84. The number of amides is 2. The fourth-order valence-corrected chi connectivity index (χ4v) is 3.41. The first kappa shape index (κ1) is 18.5. The third-order valence-electron chi connectivity index (χ3n) is 4.79. The Morgan fingerprint density at radius 2 is 1.79 bits per heavy atom. The number of nitrogens with one attached hydrogen (secondary N) is 1. The number of hydrogen-bond donors (Lipinski definition) is 1. The zero-order valence-electron chi connectivity index (χ0n) is 15.6. The van der Waals surface area contributed by atoms with Gasteiger partial charge in [-0.15, -0.1) is 0 Å². The number of aryl methyl sites for hydroxylation is 2. The predicted molar refractivity (Wildman–Crippen MR) is 96.8 cm³/mol. The first-order valence-corrected chi connectivity index (χ1v) is 8.98. The second-order valence-corrected chi connectivity index (χ2v) is 7.65. The Kier molecular flexibility index (Phi) is 5.68. The van der Waals surface area contributed by atoms with Crippen LogP contribution in [-0.2, 0) is 22.4 Å². The van der Waals surface area contributed by atoms with E-state index in [1.165, 1.54) is 24.0 Å². The Labute approximate surface area is 145 Å². The van der Waals surface area contributed by atoms with Gasteiger partial charge in [-0.05, 0) is 77.0 Å². The molecule has 2 amide bonds. The molecule has 0 spiro atoms. The summed E-state index contributed by atoms with van der Waals surface area (Å²) >= 11 is 0. The highest BCUT2D eigenvalue weighted by molar-refractivity contribution is 6.35. The third kappa shape index (κ3) is 4.16. The van der Waals surface area contributed by atoms with Crippen LogP contribution in [0.4, 0.5) is 0 Å². The van der Waals surface area contributed by atoms with Gasteiger partial charge in [-0.1, -0.05) is 18.2 Å². The highest BCUT2D eigenvalue weighted by Gasteiger charge is 2.30. The Balaban J connectivity index is 2.07. The summed E-state index contributed by atoms with van der Waals surface area (Å²) in [5.74, 6) is -0.994. The number of rotatable bonds is 3. The molecular weight excluding hydrogens is 300 g/mol. The van der Waals surface area contributed by atoms with Crippen molar-refractivity contribution in [2.24, 2.45) is 0 Å². The number of fused-ring (bicyclic) bond motifs is 1. The maximum absolute atomic E-state index is 12.4. The standard InChI is InChI=1S/C20H30N2O2/c1-6-22(20(3,4)5)19(24)18(23)21-14(2)16-12-11-15-9-7-8-10-17(15)13-16/h11-14H,6-10H2,1-5H3,(H,21,23). The van der Waals surface area contributed by atoms with Gasteiger partial charge in [0.05, 0.1) is 6.04 Å². The third-order valence-corrected chi connectivity index (χ3v) is 4.79. The highest BCUT2D eigenvalue weighted by atomic mass is 16.2. The summed E-state index contributed by atoms with van der Waals surface area (Å²) < 4.78 is 0. The van der Waals surface area contributed by atoms with Crippen LogP contribution in [0.1, 0.15) is 70.2 Å². The molecule has 1 atom stereocenters. The molecule has 132 valence electrons. The molecule has 0 fully saturated rings. The molecule has 0 saturated carbocycles. The number of carbonyl (C=O) groups is 2. The Morgan fingerprint density at radius 3 is 2.38 bits per heavy atom. The van der Waals surface area contributed by atoms with Crippen LogP contribution in [0.15, 0.2) is 18.2 Å². The van der Waals surface area contributed by atoms with Crippen LogP contribution < -0.4 is 5.32 Å². The zero-order chi connectivity index (χ0) is 17.9. The molecule has 1 N–H and O–H groups in total. The summed E-state index contributed by atoms with van der Waals surface area (Å²) in [5.41, 5.74) is 3.51. The summed E-state index contributed by atoms with van der Waals surface area (Å²) in [6, 6.07) is 6.25. The van der Waals surface area contributed by atoms with E-state index in [0.717, 1.165) is 18.4 Å². The van der Waals surface area contributed by atoms with Gasteiger partial charge < -0.3 is 10.2 Å². The fourth-order valence-electron chi connectivity index (χ4n) is 3.41. The van der Waals surface area contributed by atoms with Crippen molar-refractivity contribution in [1.29, 1.82) is 0 Å². The molecule has 0 aromatic heterocycles. The smallest absolute Gasteiger partial charge is 0.312 e. The van der Waals surface area contributed by atoms with Crippen molar-refractivity contribution in [3.63, 3.8) is 0 Å². The molecule has 2 rings (SSSR count). The summed E-state index contributed by atoms with van der Waals surface area (Å²) in [5, 5.41) is 2.86. The average Bonchev–Trinajstić information content (AvgIpc) is 2.53. The number of benzene rings is 1. The molecule has 0 bridgehead atoms. The number of hydrogen-bond acceptors (Lipinski definition) is 2. The van der Waals surface area contributed by atoms with Gasteiger partial charge in [-0.2, -0.15) is 0 Å². The molecule has 0 heterocycles. The second-order valence-electron chi connectivity index (χ2n) is 7.65. The van der Waals surface area contributed by atoms with E-state index in [9.17, 15) is 9.59 Å². The van der Waals surface area contributed by atoms with Crippen molar-refractivity contribution in [2.75, 3.05) is 6.54 Å². The van der Waals surface area contributed by atoms with Crippen LogP contribution in [0.3, 0.4) is 0 Å². The van der Waals surface area contributed by atoms with Gasteiger partial charge in [0, 0.05) is 12.1 Å². The topological polar surface area (TPSA) is 49.4 Å². The van der Waals surface area contributed by atoms with Gasteiger partial charge >= 0.3 is 11.8 Å². The van der Waals surface area contributed by atoms with E-state index in [4.69, 9.17) is 0 Å². The van der Waals surface area contributed by atoms with Crippen LogP contribution in [0.5, 0.6) is 0 Å². The first-order chi connectivity index (χ1) is 11.2. The molecular formula is C20H30N2O2. The summed E-state index contributed by atoms with van der Waals surface area (Å²) in [6.07, 6.45) is 4.74. The summed E-state index contributed by atoms with van der Waals surface area (Å²) in [7, 11) is 0. The number of likely N-dealkylation sites (N-methyl/N-ethyl adjacent to an activating group) is 1.